The van der Waals surface area contributed by atoms with Crippen LogP contribution in [0.3, 0.4) is 0 Å². The minimum absolute atomic E-state index is 0.235. The molecule has 1 aromatic heterocycles. The molecule has 0 bridgehead atoms. The second kappa shape index (κ2) is 5.41. The summed E-state index contributed by atoms with van der Waals surface area (Å²) in [6.07, 6.45) is -0.954. The van der Waals surface area contributed by atoms with E-state index >= 15 is 0 Å². The largest absolute Gasteiger partial charge is 0.455 e. The molecule has 124 valence electrons. The van der Waals surface area contributed by atoms with E-state index in [1.54, 1.807) is 36.4 Å². The average Bonchev–Trinajstić information content (AvgIpc) is 3.15. The number of para-hydroxylation sites is 1. The van der Waals surface area contributed by atoms with Gasteiger partial charge in [-0.15, -0.1) is 5.10 Å². The molecule has 3 amide bonds. The van der Waals surface area contributed by atoms with Crippen molar-refractivity contribution in [2.24, 2.45) is 0 Å². The Morgan fingerprint density at radius 1 is 1.00 bits per heavy atom. The number of hydrazine groups is 1. The Morgan fingerprint density at radius 2 is 1.60 bits per heavy atom. The molecule has 4 rings (SSSR count). The summed E-state index contributed by atoms with van der Waals surface area (Å²) >= 11 is 0. The van der Waals surface area contributed by atoms with Gasteiger partial charge in [0.25, 0.3) is 11.8 Å². The molecule has 0 atom stereocenters. The third-order valence-corrected chi connectivity index (χ3v) is 3.82. The molecule has 3 aromatic rings. The van der Waals surface area contributed by atoms with Crippen molar-refractivity contribution in [2.75, 3.05) is 7.05 Å². The van der Waals surface area contributed by atoms with E-state index in [0.29, 0.717) is 11.0 Å². The van der Waals surface area contributed by atoms with Crippen LogP contribution in [0.4, 0.5) is 4.79 Å². The van der Waals surface area contributed by atoms with Crippen LogP contribution < -0.4 is 4.84 Å². The van der Waals surface area contributed by atoms with Crippen LogP contribution >= 0.6 is 0 Å². The molecule has 1 aliphatic heterocycles. The smallest absolute Gasteiger partial charge is 0.296 e. The van der Waals surface area contributed by atoms with Gasteiger partial charge in [-0.25, -0.2) is 9.80 Å². The van der Waals surface area contributed by atoms with E-state index in [1.807, 2.05) is 0 Å². The molecule has 0 fully saturated rings. The van der Waals surface area contributed by atoms with E-state index in [4.69, 9.17) is 4.84 Å². The van der Waals surface area contributed by atoms with Crippen LogP contribution in [0.25, 0.3) is 11.0 Å². The quantitative estimate of drug-likeness (QED) is 0.513. The lowest BCUT2D eigenvalue weighted by atomic mass is 10.1. The second-order valence-electron chi connectivity index (χ2n) is 5.30. The molecule has 0 radical (unpaired) electrons. The molecule has 0 spiro atoms. The lowest BCUT2D eigenvalue weighted by Gasteiger charge is -2.24. The third kappa shape index (κ3) is 2.21. The Balaban J connectivity index is 1.59. The second-order valence-corrected chi connectivity index (χ2v) is 5.30. The van der Waals surface area contributed by atoms with Gasteiger partial charge >= 0.3 is 6.09 Å². The molecule has 25 heavy (non-hydrogen) atoms. The van der Waals surface area contributed by atoms with Gasteiger partial charge in [0.1, 0.15) is 11.0 Å². The minimum atomic E-state index is -0.954. The molecule has 2 heterocycles. The van der Waals surface area contributed by atoms with E-state index in [-0.39, 0.29) is 11.1 Å². The first-order valence-corrected chi connectivity index (χ1v) is 7.32. The van der Waals surface area contributed by atoms with Crippen molar-refractivity contribution in [1.82, 2.24) is 25.2 Å². The van der Waals surface area contributed by atoms with Gasteiger partial charge in [0.2, 0.25) is 0 Å². The fourth-order valence-electron chi connectivity index (χ4n) is 2.58. The molecular formula is C16H11N5O4. The lowest BCUT2D eigenvalue weighted by Crippen LogP contribution is -2.49. The number of benzene rings is 2. The van der Waals surface area contributed by atoms with Gasteiger partial charge in [-0.05, 0) is 29.5 Å². The molecule has 9 nitrogen and oxygen atoms in total. The van der Waals surface area contributed by atoms with Gasteiger partial charge < -0.3 is 0 Å². The highest BCUT2D eigenvalue weighted by Gasteiger charge is 2.40. The van der Waals surface area contributed by atoms with Gasteiger partial charge in [-0.3, -0.25) is 14.4 Å². The number of amides is 3. The summed E-state index contributed by atoms with van der Waals surface area (Å²) in [4.78, 5) is 43.2. The zero-order valence-corrected chi connectivity index (χ0v) is 13.0. The number of carbonyl (C=O) groups excluding carboxylic acids is 3. The zero-order valence-electron chi connectivity index (χ0n) is 13.0. The predicted molar refractivity (Wildman–Crippen MR) is 84.2 cm³/mol. The van der Waals surface area contributed by atoms with Gasteiger partial charge in [-0.1, -0.05) is 29.1 Å². The summed E-state index contributed by atoms with van der Waals surface area (Å²) in [5.41, 5.74) is 1.49. The number of nitrogens with zero attached hydrogens (tertiary/aromatic N) is 5. The van der Waals surface area contributed by atoms with Crippen molar-refractivity contribution in [3.05, 3.63) is 59.7 Å². The van der Waals surface area contributed by atoms with Crippen LogP contribution in [-0.2, 0) is 0 Å². The van der Waals surface area contributed by atoms with Crippen molar-refractivity contribution in [1.29, 1.82) is 0 Å². The van der Waals surface area contributed by atoms with Crippen molar-refractivity contribution < 1.29 is 19.2 Å². The number of rotatable bonds is 2. The Labute approximate surface area is 140 Å². The summed E-state index contributed by atoms with van der Waals surface area (Å²) in [6.45, 7) is 0. The van der Waals surface area contributed by atoms with Gasteiger partial charge in [0, 0.05) is 7.05 Å². The van der Waals surface area contributed by atoms with Crippen molar-refractivity contribution in [3.63, 3.8) is 0 Å². The predicted octanol–water partition coefficient (Wildman–Crippen LogP) is 1.12. The fourth-order valence-corrected chi connectivity index (χ4v) is 2.58. The molecule has 2 aromatic carbocycles. The van der Waals surface area contributed by atoms with Crippen molar-refractivity contribution in [3.8, 4) is 0 Å². The number of hydrogen-bond acceptors (Lipinski definition) is 6. The maximum atomic E-state index is 12.4. The Bertz CT molecular complexity index is 993. The molecule has 1 aliphatic rings. The summed E-state index contributed by atoms with van der Waals surface area (Å²) in [5, 5.41) is 9.13. The maximum Gasteiger partial charge on any atom is 0.455 e. The van der Waals surface area contributed by atoms with Crippen LogP contribution in [0.15, 0.2) is 48.5 Å². The molecule has 0 saturated carbocycles. The standard InChI is InChI=1S/C16H11N5O4/c1-19(20-14(22)10-6-2-3-7-11(10)15(20)23)16(24)25-21-13-9-5-4-8-12(13)17-18-21/h2-9H,1H3. The zero-order chi connectivity index (χ0) is 17.6. The lowest BCUT2D eigenvalue weighted by molar-refractivity contribution is 0.00342. The van der Waals surface area contributed by atoms with E-state index in [0.717, 1.165) is 14.9 Å². The highest BCUT2D eigenvalue weighted by molar-refractivity contribution is 6.21. The molecule has 0 N–H and O–H groups in total. The Kier molecular flexibility index (Phi) is 3.21. The summed E-state index contributed by atoms with van der Waals surface area (Å²) in [5.74, 6) is -1.19. The number of fused-ring (bicyclic) bond motifs is 2. The van der Waals surface area contributed by atoms with E-state index in [1.165, 1.54) is 19.2 Å². The number of imide groups is 1. The van der Waals surface area contributed by atoms with Crippen LogP contribution in [0.2, 0.25) is 0 Å². The molecular weight excluding hydrogens is 326 g/mol. The SMILES string of the molecule is CN(C(=O)On1nnc2ccccc21)N1C(=O)c2ccccc2C1=O. The first kappa shape index (κ1) is 14.8. The van der Waals surface area contributed by atoms with Gasteiger partial charge in [-0.2, -0.15) is 5.01 Å². The minimum Gasteiger partial charge on any atom is -0.296 e. The monoisotopic (exact) mass is 337 g/mol. The average molecular weight is 337 g/mol. The summed E-state index contributed by atoms with van der Waals surface area (Å²) in [6, 6.07) is 13.2. The van der Waals surface area contributed by atoms with Crippen molar-refractivity contribution in [2.45, 2.75) is 0 Å². The first-order valence-electron chi connectivity index (χ1n) is 7.32. The van der Waals surface area contributed by atoms with Crippen LogP contribution in [0.1, 0.15) is 20.7 Å². The molecule has 9 heteroatoms. The number of carbonyl (C=O) groups is 3. The van der Waals surface area contributed by atoms with E-state index < -0.39 is 17.9 Å². The van der Waals surface area contributed by atoms with E-state index in [9.17, 15) is 14.4 Å². The topological polar surface area (TPSA) is 97.6 Å². The maximum absolute atomic E-state index is 12.4. The molecule has 0 unspecified atom stereocenters. The van der Waals surface area contributed by atoms with Crippen LogP contribution in [-0.4, -0.2) is 50.1 Å². The van der Waals surface area contributed by atoms with Crippen LogP contribution in [0.5, 0.6) is 0 Å². The Morgan fingerprint density at radius 3 is 2.28 bits per heavy atom. The summed E-state index contributed by atoms with van der Waals surface area (Å²) in [7, 11) is 1.27. The normalized spacial score (nSPS) is 13.2. The van der Waals surface area contributed by atoms with E-state index in [2.05, 4.69) is 10.3 Å². The number of hydrogen-bond donors (Lipinski definition) is 0. The van der Waals surface area contributed by atoms with Crippen LogP contribution in [0, 0.1) is 0 Å². The fraction of sp³-hybridized carbons (Fsp3) is 0.0625. The highest BCUT2D eigenvalue weighted by atomic mass is 16.7. The Hall–Kier alpha value is -3.75. The number of aromatic nitrogens is 3. The summed E-state index contributed by atoms with van der Waals surface area (Å²) < 4.78 is 0. The third-order valence-electron chi connectivity index (χ3n) is 3.82. The molecule has 0 saturated heterocycles. The highest BCUT2D eigenvalue weighted by Crippen LogP contribution is 2.23. The first-order chi connectivity index (χ1) is 12.1. The van der Waals surface area contributed by atoms with Crippen molar-refractivity contribution >= 4 is 28.9 Å². The van der Waals surface area contributed by atoms with Gasteiger partial charge in [0.15, 0.2) is 0 Å². The van der Waals surface area contributed by atoms with Gasteiger partial charge in [0.05, 0.1) is 11.1 Å². The molecule has 0 aliphatic carbocycles.